The number of amides is 1. The molecule has 18 heavy (non-hydrogen) atoms. The van der Waals surface area contributed by atoms with Crippen LogP contribution in [-0.4, -0.2) is 43.8 Å². The summed E-state index contributed by atoms with van der Waals surface area (Å²) in [4.78, 5) is 24.4. The van der Waals surface area contributed by atoms with Gasteiger partial charge in [0.1, 0.15) is 0 Å². The average Bonchev–Trinajstić information content (AvgIpc) is 2.65. The van der Waals surface area contributed by atoms with Gasteiger partial charge in [-0.05, 0) is 6.92 Å². The van der Waals surface area contributed by atoms with Gasteiger partial charge in [-0.15, -0.1) is 0 Å². The van der Waals surface area contributed by atoms with Gasteiger partial charge in [0, 0.05) is 19.3 Å². The number of aromatic amines is 1. The van der Waals surface area contributed by atoms with Gasteiger partial charge in [0.2, 0.25) is 5.91 Å². The van der Waals surface area contributed by atoms with Gasteiger partial charge in [0.15, 0.2) is 4.21 Å². The maximum atomic E-state index is 12.2. The lowest BCUT2D eigenvalue weighted by Gasteiger charge is -2.18. The number of hydrogen-bond acceptors (Lipinski definition) is 5. The van der Waals surface area contributed by atoms with Crippen LogP contribution in [0.1, 0.15) is 12.6 Å². The lowest BCUT2D eigenvalue weighted by Crippen LogP contribution is -2.39. The van der Waals surface area contributed by atoms with Crippen LogP contribution < -0.4 is 10.2 Å². The van der Waals surface area contributed by atoms with Crippen molar-refractivity contribution in [2.75, 3.05) is 20.1 Å². The molecule has 0 atom stereocenters. The first-order valence-electron chi connectivity index (χ1n) is 5.23. The second-order valence-corrected chi connectivity index (χ2v) is 6.65. The van der Waals surface area contributed by atoms with Crippen molar-refractivity contribution in [1.29, 1.82) is 0 Å². The first kappa shape index (κ1) is 14.9. The van der Waals surface area contributed by atoms with Gasteiger partial charge in [-0.3, -0.25) is 9.59 Å². The van der Waals surface area contributed by atoms with Gasteiger partial charge in [-0.2, -0.15) is 4.31 Å². The monoisotopic (exact) mass is 293 g/mol. The number of thiazole rings is 1. The zero-order valence-corrected chi connectivity index (χ0v) is 11.9. The molecule has 0 aromatic carbocycles. The van der Waals surface area contributed by atoms with Crippen molar-refractivity contribution in [2.24, 2.45) is 0 Å². The molecule has 1 rings (SSSR count). The number of carbonyl (C=O) groups is 1. The molecular formula is C9H15N3O4S2. The zero-order valence-electron chi connectivity index (χ0n) is 10.3. The Labute approximate surface area is 109 Å². The van der Waals surface area contributed by atoms with E-state index in [1.54, 1.807) is 6.92 Å². The van der Waals surface area contributed by atoms with Gasteiger partial charge >= 0.3 is 4.87 Å². The van der Waals surface area contributed by atoms with E-state index in [0.29, 0.717) is 17.0 Å². The molecule has 102 valence electrons. The summed E-state index contributed by atoms with van der Waals surface area (Å²) in [6.07, 6.45) is 0. The highest BCUT2D eigenvalue weighted by Crippen LogP contribution is 2.20. The first-order chi connectivity index (χ1) is 8.32. The molecule has 0 unspecified atom stereocenters. The van der Waals surface area contributed by atoms with Gasteiger partial charge in [0.05, 0.1) is 6.54 Å². The van der Waals surface area contributed by atoms with Crippen LogP contribution >= 0.6 is 11.3 Å². The second kappa shape index (κ2) is 5.63. The first-order valence-corrected chi connectivity index (χ1v) is 7.49. The number of carbonyl (C=O) groups excluding carboxylic acids is 1. The number of sulfonamides is 1. The fourth-order valence-corrected chi connectivity index (χ4v) is 4.20. The Morgan fingerprint density at radius 3 is 2.50 bits per heavy atom. The molecule has 0 bridgehead atoms. The van der Waals surface area contributed by atoms with E-state index < -0.39 is 20.8 Å². The van der Waals surface area contributed by atoms with Crippen molar-refractivity contribution in [3.05, 3.63) is 15.4 Å². The number of aromatic nitrogens is 1. The Bertz CT molecular complexity index is 587. The SMILES string of the molecule is CCN(CC(=O)NC)S(=O)(=O)c1sc(=O)[nH]c1C. The summed E-state index contributed by atoms with van der Waals surface area (Å²) in [5, 5.41) is 2.36. The summed E-state index contributed by atoms with van der Waals surface area (Å²) in [7, 11) is -2.37. The highest BCUT2D eigenvalue weighted by molar-refractivity contribution is 7.91. The molecule has 0 saturated heterocycles. The maximum Gasteiger partial charge on any atom is 0.305 e. The largest absolute Gasteiger partial charge is 0.358 e. The fourth-order valence-electron chi connectivity index (χ4n) is 1.36. The summed E-state index contributed by atoms with van der Waals surface area (Å²) >= 11 is 0.627. The topological polar surface area (TPSA) is 99.3 Å². The lowest BCUT2D eigenvalue weighted by atomic mass is 10.5. The minimum absolute atomic E-state index is 0.0433. The third kappa shape index (κ3) is 2.98. The molecule has 0 aliphatic rings. The van der Waals surface area contributed by atoms with Crippen molar-refractivity contribution < 1.29 is 13.2 Å². The van der Waals surface area contributed by atoms with E-state index in [2.05, 4.69) is 10.3 Å². The van der Waals surface area contributed by atoms with Crippen molar-refractivity contribution in [3.63, 3.8) is 0 Å². The average molecular weight is 293 g/mol. The molecule has 0 aliphatic carbocycles. The number of H-pyrrole nitrogens is 1. The van der Waals surface area contributed by atoms with Crippen molar-refractivity contribution in [3.8, 4) is 0 Å². The quantitative estimate of drug-likeness (QED) is 0.764. The van der Waals surface area contributed by atoms with E-state index in [9.17, 15) is 18.0 Å². The second-order valence-electron chi connectivity index (χ2n) is 3.53. The van der Waals surface area contributed by atoms with E-state index in [1.165, 1.54) is 14.0 Å². The standard InChI is InChI=1S/C9H15N3O4S2/c1-4-12(5-7(13)10-3)18(15,16)8-6(2)11-9(14)17-8/h4-5H2,1-3H3,(H,10,13)(H,11,14). The van der Waals surface area contributed by atoms with Gasteiger partial charge in [-0.25, -0.2) is 8.42 Å². The van der Waals surface area contributed by atoms with Gasteiger partial charge in [-0.1, -0.05) is 18.3 Å². The fraction of sp³-hybridized carbons (Fsp3) is 0.556. The van der Waals surface area contributed by atoms with Crippen LogP contribution in [-0.2, 0) is 14.8 Å². The van der Waals surface area contributed by atoms with E-state index in [0.717, 1.165) is 4.31 Å². The molecule has 1 aromatic heterocycles. The Morgan fingerprint density at radius 2 is 2.11 bits per heavy atom. The lowest BCUT2D eigenvalue weighted by molar-refractivity contribution is -0.120. The molecule has 1 heterocycles. The minimum atomic E-state index is -3.81. The molecule has 9 heteroatoms. The number of hydrogen-bond donors (Lipinski definition) is 2. The number of nitrogens with zero attached hydrogens (tertiary/aromatic N) is 1. The van der Waals surface area contributed by atoms with E-state index in [-0.39, 0.29) is 17.3 Å². The number of aryl methyl sites for hydroxylation is 1. The van der Waals surface area contributed by atoms with E-state index in [1.807, 2.05) is 0 Å². The highest BCUT2D eigenvalue weighted by Gasteiger charge is 2.28. The van der Waals surface area contributed by atoms with Crippen LogP contribution in [0.2, 0.25) is 0 Å². The molecular weight excluding hydrogens is 278 g/mol. The summed E-state index contributed by atoms with van der Waals surface area (Å²) in [5.41, 5.74) is 0.292. The van der Waals surface area contributed by atoms with Crippen LogP contribution in [0.25, 0.3) is 0 Å². The molecule has 0 spiro atoms. The summed E-state index contributed by atoms with van der Waals surface area (Å²) < 4.78 is 25.5. The Hall–Kier alpha value is -1.19. The number of rotatable bonds is 5. The highest BCUT2D eigenvalue weighted by atomic mass is 32.2. The maximum absolute atomic E-state index is 12.2. The van der Waals surface area contributed by atoms with Crippen LogP contribution in [0.5, 0.6) is 0 Å². The van der Waals surface area contributed by atoms with E-state index in [4.69, 9.17) is 0 Å². The molecule has 0 aliphatic heterocycles. The van der Waals surface area contributed by atoms with Crippen LogP contribution in [0.3, 0.4) is 0 Å². The Morgan fingerprint density at radius 1 is 1.50 bits per heavy atom. The molecule has 0 fully saturated rings. The molecule has 1 aromatic rings. The zero-order chi connectivity index (χ0) is 13.9. The van der Waals surface area contributed by atoms with Crippen molar-refractivity contribution in [2.45, 2.75) is 18.1 Å². The molecule has 0 radical (unpaired) electrons. The molecule has 1 amide bonds. The predicted molar refractivity (Wildman–Crippen MR) is 68.2 cm³/mol. The predicted octanol–water partition coefficient (Wildman–Crippen LogP) is -0.499. The third-order valence-electron chi connectivity index (χ3n) is 2.31. The summed E-state index contributed by atoms with van der Waals surface area (Å²) in [6.45, 7) is 3.03. The molecule has 2 N–H and O–H groups in total. The third-order valence-corrected chi connectivity index (χ3v) is 5.81. The molecule has 7 nitrogen and oxygen atoms in total. The van der Waals surface area contributed by atoms with Crippen LogP contribution in [0.15, 0.2) is 9.00 Å². The van der Waals surface area contributed by atoms with Crippen molar-refractivity contribution in [1.82, 2.24) is 14.6 Å². The van der Waals surface area contributed by atoms with Crippen molar-refractivity contribution >= 4 is 27.3 Å². The van der Waals surface area contributed by atoms with Crippen LogP contribution in [0, 0.1) is 6.92 Å². The van der Waals surface area contributed by atoms with E-state index >= 15 is 0 Å². The normalized spacial score (nSPS) is 11.8. The minimum Gasteiger partial charge on any atom is -0.358 e. The molecule has 0 saturated carbocycles. The summed E-state index contributed by atoms with van der Waals surface area (Å²) in [5.74, 6) is -0.402. The number of nitrogens with one attached hydrogen (secondary N) is 2. The van der Waals surface area contributed by atoms with Gasteiger partial charge in [0.25, 0.3) is 10.0 Å². The summed E-state index contributed by atoms with van der Waals surface area (Å²) in [6, 6.07) is 0. The Kier molecular flexibility index (Phi) is 4.65. The van der Waals surface area contributed by atoms with Gasteiger partial charge < -0.3 is 10.3 Å². The smallest absolute Gasteiger partial charge is 0.305 e. The number of likely N-dealkylation sites (N-methyl/N-ethyl adjacent to an activating group) is 2. The van der Waals surface area contributed by atoms with Crippen LogP contribution in [0.4, 0.5) is 0 Å². The Balaban J connectivity index is 3.15.